The first-order valence-corrected chi connectivity index (χ1v) is 6.69. The highest BCUT2D eigenvalue weighted by Gasteiger charge is 2.24. The lowest BCUT2D eigenvalue weighted by Gasteiger charge is -2.33. The van der Waals surface area contributed by atoms with Gasteiger partial charge in [-0.15, -0.1) is 0 Å². The van der Waals surface area contributed by atoms with Crippen LogP contribution in [0, 0.1) is 6.92 Å². The number of nitrogen functional groups attached to an aromatic ring is 1. The second-order valence-corrected chi connectivity index (χ2v) is 4.95. The highest BCUT2D eigenvalue weighted by atomic mass is 16.5. The molecule has 1 atom stereocenters. The predicted octanol–water partition coefficient (Wildman–Crippen LogP) is 0.209. The number of aliphatic hydroxyl groups excluding tert-OH is 1. The van der Waals surface area contributed by atoms with E-state index in [1.165, 1.54) is 0 Å². The van der Waals surface area contributed by atoms with Gasteiger partial charge in [-0.25, -0.2) is 0 Å². The molecule has 1 aromatic carbocycles. The SMILES string of the molecule is Cc1c(N)cccc1NC(=O)CN1CCOCC1CO. The third-order valence-corrected chi connectivity index (χ3v) is 3.56. The van der Waals surface area contributed by atoms with E-state index < -0.39 is 0 Å². The van der Waals surface area contributed by atoms with Gasteiger partial charge in [0.2, 0.25) is 5.91 Å². The minimum absolute atomic E-state index is 0.00933. The molecule has 1 saturated heterocycles. The smallest absolute Gasteiger partial charge is 0.238 e. The summed E-state index contributed by atoms with van der Waals surface area (Å²) >= 11 is 0. The zero-order chi connectivity index (χ0) is 14.5. The Labute approximate surface area is 118 Å². The molecule has 0 radical (unpaired) electrons. The van der Waals surface area contributed by atoms with Crippen molar-refractivity contribution >= 4 is 17.3 Å². The summed E-state index contributed by atoms with van der Waals surface area (Å²) in [5.74, 6) is -0.112. The van der Waals surface area contributed by atoms with Crippen molar-refractivity contribution in [2.24, 2.45) is 0 Å². The molecule has 1 fully saturated rings. The van der Waals surface area contributed by atoms with E-state index in [-0.39, 0.29) is 25.1 Å². The molecule has 0 spiro atoms. The molecule has 0 aromatic heterocycles. The van der Waals surface area contributed by atoms with Gasteiger partial charge in [-0.1, -0.05) is 6.07 Å². The first kappa shape index (κ1) is 14.8. The van der Waals surface area contributed by atoms with Crippen molar-refractivity contribution in [3.8, 4) is 0 Å². The van der Waals surface area contributed by atoms with E-state index in [2.05, 4.69) is 5.32 Å². The molecule has 1 aromatic rings. The van der Waals surface area contributed by atoms with Crippen LogP contribution in [-0.4, -0.2) is 54.9 Å². The number of aliphatic hydroxyl groups is 1. The number of rotatable bonds is 4. The molecule has 110 valence electrons. The minimum Gasteiger partial charge on any atom is -0.398 e. The first-order chi connectivity index (χ1) is 9.61. The van der Waals surface area contributed by atoms with Gasteiger partial charge in [-0.3, -0.25) is 9.69 Å². The number of nitrogens with zero attached hydrogens (tertiary/aromatic N) is 1. The molecule has 1 aliphatic rings. The summed E-state index contributed by atoms with van der Waals surface area (Å²) in [5.41, 5.74) is 8.06. The van der Waals surface area contributed by atoms with E-state index in [9.17, 15) is 9.90 Å². The molecule has 2 rings (SSSR count). The molecule has 1 unspecified atom stereocenters. The Balaban J connectivity index is 1.96. The molecule has 4 N–H and O–H groups in total. The summed E-state index contributed by atoms with van der Waals surface area (Å²) in [6, 6.07) is 5.32. The van der Waals surface area contributed by atoms with Crippen molar-refractivity contribution in [3.63, 3.8) is 0 Å². The standard InChI is InChI=1S/C14H21N3O3/c1-10-12(15)3-2-4-13(10)16-14(19)7-17-5-6-20-9-11(17)8-18/h2-4,11,18H,5-9,15H2,1H3,(H,16,19). The van der Waals surface area contributed by atoms with Crippen LogP contribution >= 0.6 is 0 Å². The van der Waals surface area contributed by atoms with E-state index >= 15 is 0 Å². The van der Waals surface area contributed by atoms with Crippen LogP contribution in [0.5, 0.6) is 0 Å². The molecule has 0 bridgehead atoms. The molecule has 6 heteroatoms. The third kappa shape index (κ3) is 3.47. The Morgan fingerprint density at radius 3 is 3.15 bits per heavy atom. The van der Waals surface area contributed by atoms with Crippen LogP contribution in [0.1, 0.15) is 5.56 Å². The summed E-state index contributed by atoms with van der Waals surface area (Å²) in [4.78, 5) is 14.0. The van der Waals surface area contributed by atoms with Gasteiger partial charge in [0.25, 0.3) is 0 Å². The second kappa shape index (κ2) is 6.69. The zero-order valence-electron chi connectivity index (χ0n) is 11.6. The van der Waals surface area contributed by atoms with Crippen LogP contribution < -0.4 is 11.1 Å². The fourth-order valence-electron chi connectivity index (χ4n) is 2.23. The third-order valence-electron chi connectivity index (χ3n) is 3.56. The van der Waals surface area contributed by atoms with Crippen molar-refractivity contribution in [3.05, 3.63) is 23.8 Å². The van der Waals surface area contributed by atoms with Crippen LogP contribution in [0.25, 0.3) is 0 Å². The molecule has 1 aliphatic heterocycles. The summed E-state index contributed by atoms with van der Waals surface area (Å²) in [6.07, 6.45) is 0. The lowest BCUT2D eigenvalue weighted by atomic mass is 10.1. The molecular formula is C14H21N3O3. The van der Waals surface area contributed by atoms with Crippen LogP contribution in [0.15, 0.2) is 18.2 Å². The maximum atomic E-state index is 12.1. The highest BCUT2D eigenvalue weighted by Crippen LogP contribution is 2.20. The Hall–Kier alpha value is -1.63. The Morgan fingerprint density at radius 1 is 1.60 bits per heavy atom. The normalized spacial score (nSPS) is 19.8. The fourth-order valence-corrected chi connectivity index (χ4v) is 2.23. The number of nitrogens with one attached hydrogen (secondary N) is 1. The molecular weight excluding hydrogens is 258 g/mol. The molecule has 6 nitrogen and oxygen atoms in total. The van der Waals surface area contributed by atoms with E-state index in [0.717, 1.165) is 11.3 Å². The topological polar surface area (TPSA) is 87.8 Å². The highest BCUT2D eigenvalue weighted by molar-refractivity contribution is 5.93. The van der Waals surface area contributed by atoms with E-state index in [1.54, 1.807) is 6.07 Å². The number of benzene rings is 1. The number of carbonyl (C=O) groups excluding carboxylic acids is 1. The van der Waals surface area contributed by atoms with Gasteiger partial charge < -0.3 is 20.9 Å². The van der Waals surface area contributed by atoms with E-state index in [0.29, 0.717) is 25.4 Å². The van der Waals surface area contributed by atoms with Crippen molar-refractivity contribution in [2.45, 2.75) is 13.0 Å². The number of ether oxygens (including phenoxy) is 1. The Kier molecular flexibility index (Phi) is 4.94. The number of hydrogen-bond donors (Lipinski definition) is 3. The van der Waals surface area contributed by atoms with Crippen LogP contribution in [0.4, 0.5) is 11.4 Å². The lowest BCUT2D eigenvalue weighted by Crippen LogP contribution is -2.50. The minimum atomic E-state index is -0.114. The summed E-state index contributed by atoms with van der Waals surface area (Å²) < 4.78 is 5.29. The van der Waals surface area contributed by atoms with Gasteiger partial charge in [0.1, 0.15) is 0 Å². The van der Waals surface area contributed by atoms with Gasteiger partial charge in [0, 0.05) is 17.9 Å². The molecule has 0 saturated carbocycles. The lowest BCUT2D eigenvalue weighted by molar-refractivity contribution is -0.120. The summed E-state index contributed by atoms with van der Waals surface area (Å²) in [6.45, 7) is 3.79. The monoisotopic (exact) mass is 279 g/mol. The molecule has 1 amide bonds. The quantitative estimate of drug-likeness (QED) is 0.686. The number of hydrogen-bond acceptors (Lipinski definition) is 5. The van der Waals surface area contributed by atoms with Crippen molar-refractivity contribution in [2.75, 3.05) is 44.0 Å². The predicted molar refractivity (Wildman–Crippen MR) is 77.5 cm³/mol. The molecule has 20 heavy (non-hydrogen) atoms. The van der Waals surface area contributed by atoms with Gasteiger partial charge in [-0.2, -0.15) is 0 Å². The van der Waals surface area contributed by atoms with E-state index in [1.807, 2.05) is 24.0 Å². The van der Waals surface area contributed by atoms with Crippen molar-refractivity contribution in [1.29, 1.82) is 0 Å². The largest absolute Gasteiger partial charge is 0.398 e. The molecule has 1 heterocycles. The number of carbonyl (C=O) groups is 1. The summed E-state index contributed by atoms with van der Waals surface area (Å²) in [5, 5.41) is 12.1. The number of amides is 1. The first-order valence-electron chi connectivity index (χ1n) is 6.69. The average Bonchev–Trinajstić information content (AvgIpc) is 2.44. The number of anilines is 2. The average molecular weight is 279 g/mol. The maximum absolute atomic E-state index is 12.1. The van der Waals surface area contributed by atoms with Crippen molar-refractivity contribution in [1.82, 2.24) is 4.90 Å². The van der Waals surface area contributed by atoms with Gasteiger partial charge >= 0.3 is 0 Å². The maximum Gasteiger partial charge on any atom is 0.238 e. The Bertz CT molecular complexity index is 479. The fraction of sp³-hybridized carbons (Fsp3) is 0.500. The van der Waals surface area contributed by atoms with Crippen molar-refractivity contribution < 1.29 is 14.6 Å². The second-order valence-electron chi connectivity index (χ2n) is 4.95. The van der Waals surface area contributed by atoms with Gasteiger partial charge in [0.15, 0.2) is 0 Å². The number of nitrogens with two attached hydrogens (primary N) is 1. The van der Waals surface area contributed by atoms with Crippen LogP contribution in [-0.2, 0) is 9.53 Å². The Morgan fingerprint density at radius 2 is 2.40 bits per heavy atom. The summed E-state index contributed by atoms with van der Waals surface area (Å²) in [7, 11) is 0. The number of morpholine rings is 1. The zero-order valence-corrected chi connectivity index (χ0v) is 11.6. The van der Waals surface area contributed by atoms with Gasteiger partial charge in [0.05, 0.1) is 32.4 Å². The van der Waals surface area contributed by atoms with Gasteiger partial charge in [-0.05, 0) is 24.6 Å². The van der Waals surface area contributed by atoms with E-state index in [4.69, 9.17) is 10.5 Å². The molecule has 0 aliphatic carbocycles. The van der Waals surface area contributed by atoms with Crippen LogP contribution in [0.3, 0.4) is 0 Å². The van der Waals surface area contributed by atoms with Crippen LogP contribution in [0.2, 0.25) is 0 Å².